The minimum atomic E-state index is -1.42. The van der Waals surface area contributed by atoms with Gasteiger partial charge in [0.2, 0.25) is 0 Å². The Kier molecular flexibility index (Phi) is 8.28. The molecular formula is C15H26ClNO5S. The summed E-state index contributed by atoms with van der Waals surface area (Å²) in [4.78, 5) is 23.8. The van der Waals surface area contributed by atoms with Crippen molar-refractivity contribution in [2.24, 2.45) is 0 Å². The summed E-state index contributed by atoms with van der Waals surface area (Å²) < 4.78 is 21.8. The molecule has 2 unspecified atom stereocenters. The molecule has 0 fully saturated rings. The van der Waals surface area contributed by atoms with Crippen LogP contribution in [0.5, 0.6) is 0 Å². The topological polar surface area (TPSA) is 81.7 Å². The molecule has 0 saturated heterocycles. The van der Waals surface area contributed by atoms with Crippen molar-refractivity contribution in [2.45, 2.75) is 65.2 Å². The van der Waals surface area contributed by atoms with Gasteiger partial charge in [0.1, 0.15) is 15.6 Å². The number of alkyl carbamates (subject to hydrolysis) is 1. The summed E-state index contributed by atoms with van der Waals surface area (Å²) in [5.74, 6) is -0.513. The molecule has 2 atom stereocenters. The van der Waals surface area contributed by atoms with Crippen LogP contribution in [0.25, 0.3) is 0 Å². The summed E-state index contributed by atoms with van der Waals surface area (Å²) in [6.07, 6.45) is 1.90. The number of amides is 1. The average Bonchev–Trinajstić information content (AvgIpc) is 2.22. The Morgan fingerprint density at radius 2 is 1.61 bits per heavy atom. The second-order valence-corrected chi connectivity index (χ2v) is 8.95. The van der Waals surface area contributed by atoms with Gasteiger partial charge in [0, 0.05) is 6.26 Å². The van der Waals surface area contributed by atoms with Crippen molar-refractivity contribution in [1.82, 2.24) is 5.32 Å². The van der Waals surface area contributed by atoms with Crippen molar-refractivity contribution in [3.8, 4) is 0 Å². The molecule has 6 nitrogen and oxygen atoms in total. The van der Waals surface area contributed by atoms with Crippen molar-refractivity contribution in [3.05, 3.63) is 10.4 Å². The van der Waals surface area contributed by atoms with Crippen molar-refractivity contribution in [3.63, 3.8) is 0 Å². The highest BCUT2D eigenvalue weighted by Gasteiger charge is 2.23. The van der Waals surface area contributed by atoms with Gasteiger partial charge in [-0.05, 0) is 47.6 Å². The van der Waals surface area contributed by atoms with E-state index in [0.29, 0.717) is 0 Å². The van der Waals surface area contributed by atoms with Gasteiger partial charge in [0.05, 0.1) is 23.3 Å². The maximum Gasteiger partial charge on any atom is 0.408 e. The lowest BCUT2D eigenvalue weighted by Gasteiger charge is -2.24. The molecule has 0 aromatic rings. The minimum absolute atomic E-state index is 0.0367. The van der Waals surface area contributed by atoms with E-state index in [1.807, 2.05) is 0 Å². The van der Waals surface area contributed by atoms with Crippen molar-refractivity contribution in [2.75, 3.05) is 6.26 Å². The molecule has 0 aliphatic carbocycles. The van der Waals surface area contributed by atoms with Crippen LogP contribution < -0.4 is 5.32 Å². The molecule has 0 bridgehead atoms. The summed E-state index contributed by atoms with van der Waals surface area (Å²) in [6, 6.07) is -0.781. The van der Waals surface area contributed by atoms with E-state index in [9.17, 15) is 13.8 Å². The fourth-order valence-corrected chi connectivity index (χ4v) is 1.94. The lowest BCUT2D eigenvalue weighted by molar-refractivity contribution is -0.155. The molecule has 0 aromatic heterocycles. The van der Waals surface area contributed by atoms with Crippen LogP contribution in [0.3, 0.4) is 0 Å². The first kappa shape index (κ1) is 21.9. The maximum atomic E-state index is 11.9. The number of nitrogens with one attached hydrogen (secondary N) is 1. The van der Waals surface area contributed by atoms with E-state index in [4.69, 9.17) is 21.1 Å². The number of carbonyl (C=O) groups is 2. The van der Waals surface area contributed by atoms with Crippen LogP contribution >= 0.6 is 11.6 Å². The number of hydrogen-bond acceptors (Lipinski definition) is 5. The zero-order chi connectivity index (χ0) is 18.4. The molecule has 0 saturated carbocycles. The van der Waals surface area contributed by atoms with E-state index in [-0.39, 0.29) is 10.8 Å². The Bertz CT molecular complexity index is 461. The standard InChI is InChI=1S/C15H26ClNO5S/c1-14(2,3)21-12(18)9-10(8-11(16)23(7)20)17-13(19)22-15(4,5)6/h8,10H,9H2,1-7H3,(H,17,19)/b11-8+. The van der Waals surface area contributed by atoms with Crippen LogP contribution in [-0.4, -0.2) is 39.8 Å². The molecule has 0 spiro atoms. The Hall–Kier alpha value is -1.08. The van der Waals surface area contributed by atoms with Crippen LogP contribution in [0, 0.1) is 0 Å². The van der Waals surface area contributed by atoms with Crippen LogP contribution in [0.2, 0.25) is 0 Å². The molecule has 0 aliphatic rings. The molecule has 8 heteroatoms. The molecule has 0 rings (SSSR count). The minimum Gasteiger partial charge on any atom is -0.460 e. The normalized spacial score (nSPS) is 15.6. The molecule has 0 aliphatic heterocycles. The van der Waals surface area contributed by atoms with Crippen molar-refractivity contribution < 1.29 is 23.3 Å². The van der Waals surface area contributed by atoms with Crippen molar-refractivity contribution >= 4 is 34.5 Å². The van der Waals surface area contributed by atoms with Crippen LogP contribution in [0.15, 0.2) is 10.4 Å². The fraction of sp³-hybridized carbons (Fsp3) is 0.733. The quantitative estimate of drug-likeness (QED) is 0.755. The third-order valence-electron chi connectivity index (χ3n) is 2.12. The SMILES string of the molecule is CS(=O)/C(Cl)=C/C(CC(=O)OC(C)(C)C)NC(=O)OC(C)(C)C. The molecule has 1 amide bonds. The molecule has 134 valence electrons. The van der Waals surface area contributed by atoms with Gasteiger partial charge in [0.25, 0.3) is 0 Å². The predicted octanol–water partition coefficient (Wildman–Crippen LogP) is 3.07. The third kappa shape index (κ3) is 12.1. The van der Waals surface area contributed by atoms with Crippen molar-refractivity contribution in [1.29, 1.82) is 0 Å². The Balaban J connectivity index is 5.03. The van der Waals surface area contributed by atoms with Gasteiger partial charge in [-0.15, -0.1) is 0 Å². The summed E-state index contributed by atoms with van der Waals surface area (Å²) in [6.45, 7) is 10.4. The lowest BCUT2D eigenvalue weighted by atomic mass is 10.1. The van der Waals surface area contributed by atoms with Gasteiger partial charge in [-0.1, -0.05) is 11.6 Å². The Morgan fingerprint density at radius 3 is 2.00 bits per heavy atom. The first-order valence-electron chi connectivity index (χ1n) is 7.12. The highest BCUT2D eigenvalue weighted by molar-refractivity contribution is 7.90. The van der Waals surface area contributed by atoms with Gasteiger partial charge in [0.15, 0.2) is 0 Å². The summed E-state index contributed by atoms with van der Waals surface area (Å²) in [5, 5.41) is 2.52. The second kappa shape index (κ2) is 8.68. The molecular weight excluding hydrogens is 342 g/mol. The molecule has 23 heavy (non-hydrogen) atoms. The van der Waals surface area contributed by atoms with Crippen LogP contribution in [0.1, 0.15) is 48.0 Å². The first-order chi connectivity index (χ1) is 10.2. The molecule has 0 heterocycles. The average molecular weight is 368 g/mol. The van der Waals surface area contributed by atoms with Gasteiger partial charge in [-0.2, -0.15) is 0 Å². The van der Waals surface area contributed by atoms with E-state index >= 15 is 0 Å². The number of esters is 1. The van der Waals surface area contributed by atoms with E-state index in [1.165, 1.54) is 12.3 Å². The zero-order valence-corrected chi connectivity index (χ0v) is 16.3. The summed E-state index contributed by atoms with van der Waals surface area (Å²) in [7, 11) is -1.42. The van der Waals surface area contributed by atoms with E-state index < -0.39 is 40.1 Å². The number of rotatable bonds is 5. The highest BCUT2D eigenvalue weighted by Crippen LogP contribution is 2.14. The molecule has 1 N–H and O–H groups in total. The van der Waals surface area contributed by atoms with Gasteiger partial charge < -0.3 is 14.8 Å². The fourth-order valence-electron chi connectivity index (χ4n) is 1.43. The first-order valence-corrected chi connectivity index (χ1v) is 9.05. The lowest BCUT2D eigenvalue weighted by Crippen LogP contribution is -2.40. The van der Waals surface area contributed by atoms with Gasteiger partial charge in [-0.25, -0.2) is 4.79 Å². The Morgan fingerprint density at radius 1 is 1.13 bits per heavy atom. The van der Waals surface area contributed by atoms with E-state index in [1.54, 1.807) is 41.5 Å². The number of carbonyl (C=O) groups excluding carboxylic acids is 2. The number of hydrogen-bond donors (Lipinski definition) is 1. The number of ether oxygens (including phenoxy) is 2. The third-order valence-corrected chi connectivity index (χ3v) is 3.58. The van der Waals surface area contributed by atoms with Crippen LogP contribution in [0.4, 0.5) is 4.79 Å². The monoisotopic (exact) mass is 367 g/mol. The maximum absolute atomic E-state index is 11.9. The van der Waals surface area contributed by atoms with Gasteiger partial charge >= 0.3 is 12.1 Å². The van der Waals surface area contributed by atoms with Crippen LogP contribution in [-0.2, 0) is 25.1 Å². The largest absolute Gasteiger partial charge is 0.460 e. The second-order valence-electron chi connectivity index (χ2n) is 6.97. The highest BCUT2D eigenvalue weighted by atomic mass is 35.5. The smallest absolute Gasteiger partial charge is 0.408 e. The zero-order valence-electron chi connectivity index (χ0n) is 14.7. The predicted molar refractivity (Wildman–Crippen MR) is 91.6 cm³/mol. The summed E-state index contributed by atoms with van der Waals surface area (Å²) in [5.41, 5.74) is -1.32. The van der Waals surface area contributed by atoms with Gasteiger partial charge in [-0.3, -0.25) is 9.00 Å². The Labute approximate surface area is 145 Å². The van der Waals surface area contributed by atoms with E-state index in [0.717, 1.165) is 0 Å². The molecule has 0 aromatic carbocycles. The number of halogens is 1. The van der Waals surface area contributed by atoms with E-state index in [2.05, 4.69) is 5.32 Å². The summed E-state index contributed by atoms with van der Waals surface area (Å²) >= 11 is 5.86. The molecule has 0 radical (unpaired) electrons.